The number of amides is 2. The number of carbonyl (C=O) groups excluding carboxylic acids is 1. The van der Waals surface area contributed by atoms with Gasteiger partial charge in [-0.2, -0.15) is 5.26 Å². The summed E-state index contributed by atoms with van der Waals surface area (Å²) < 4.78 is 5.33. The van der Waals surface area contributed by atoms with Crippen molar-refractivity contribution in [1.29, 1.82) is 5.26 Å². The molecule has 0 bridgehead atoms. The Morgan fingerprint density at radius 2 is 2.19 bits per heavy atom. The maximum atomic E-state index is 12.1. The van der Waals surface area contributed by atoms with Crippen LogP contribution in [-0.2, 0) is 9.53 Å². The normalized spacial score (nSPS) is 21.0. The molecule has 0 radical (unpaired) electrons. The van der Waals surface area contributed by atoms with Crippen LogP contribution in [0.3, 0.4) is 0 Å². The van der Waals surface area contributed by atoms with Gasteiger partial charge in [0.15, 0.2) is 6.10 Å². The average molecular weight is 297 g/mol. The first-order chi connectivity index (χ1) is 9.93. The van der Waals surface area contributed by atoms with Crippen molar-refractivity contribution in [3.8, 4) is 6.07 Å². The minimum absolute atomic E-state index is 0.235. The Hall–Kier alpha value is -1.81. The summed E-state index contributed by atoms with van der Waals surface area (Å²) in [5.41, 5.74) is 0. The van der Waals surface area contributed by atoms with E-state index < -0.39 is 12.1 Å². The van der Waals surface area contributed by atoms with Gasteiger partial charge in [0, 0.05) is 19.6 Å². The fourth-order valence-corrected chi connectivity index (χ4v) is 2.25. The van der Waals surface area contributed by atoms with Gasteiger partial charge in [-0.25, -0.2) is 9.59 Å². The third-order valence-corrected chi connectivity index (χ3v) is 3.23. The lowest BCUT2D eigenvalue weighted by molar-refractivity contribution is -0.149. The highest BCUT2D eigenvalue weighted by Crippen LogP contribution is 2.19. The van der Waals surface area contributed by atoms with Gasteiger partial charge in [-0.05, 0) is 18.8 Å². The van der Waals surface area contributed by atoms with Crippen molar-refractivity contribution in [2.24, 2.45) is 5.92 Å². The van der Waals surface area contributed by atoms with Crippen LogP contribution in [0.4, 0.5) is 4.79 Å². The molecule has 0 spiro atoms. The zero-order valence-electron chi connectivity index (χ0n) is 12.5. The Balaban J connectivity index is 2.39. The molecule has 1 rings (SSSR count). The molecule has 21 heavy (non-hydrogen) atoms. The van der Waals surface area contributed by atoms with Crippen LogP contribution in [0.1, 0.15) is 33.1 Å². The first kappa shape index (κ1) is 17.2. The summed E-state index contributed by atoms with van der Waals surface area (Å²) in [5.74, 6) is -0.646. The molecule has 2 unspecified atom stereocenters. The lowest BCUT2D eigenvalue weighted by Crippen LogP contribution is -2.44. The maximum absolute atomic E-state index is 12.1. The summed E-state index contributed by atoms with van der Waals surface area (Å²) in [7, 11) is 0. The third kappa shape index (κ3) is 6.00. The van der Waals surface area contributed by atoms with Gasteiger partial charge in [0.1, 0.15) is 0 Å². The summed E-state index contributed by atoms with van der Waals surface area (Å²) in [6.45, 7) is 5.28. The number of carboxylic acid groups (broad SMARTS) is 1. The summed E-state index contributed by atoms with van der Waals surface area (Å²) in [4.78, 5) is 24.5. The topological polar surface area (TPSA) is 103 Å². The fourth-order valence-electron chi connectivity index (χ4n) is 2.25. The molecule has 118 valence electrons. The zero-order valence-corrected chi connectivity index (χ0v) is 12.5. The van der Waals surface area contributed by atoms with Gasteiger partial charge in [-0.15, -0.1) is 0 Å². The zero-order chi connectivity index (χ0) is 15.8. The number of aliphatic carboxylic acids is 1. The number of carbonyl (C=O) groups is 2. The van der Waals surface area contributed by atoms with Gasteiger partial charge in [0.2, 0.25) is 0 Å². The number of rotatable bonds is 7. The van der Waals surface area contributed by atoms with Gasteiger partial charge in [-0.1, -0.05) is 13.8 Å². The SMILES string of the molecule is CC(C)CN(CCC#N)C(=O)NCC1CCC(C(=O)O)O1. The van der Waals surface area contributed by atoms with Crippen molar-refractivity contribution in [2.75, 3.05) is 19.6 Å². The Kier molecular flexibility index (Phi) is 6.96. The minimum Gasteiger partial charge on any atom is -0.479 e. The van der Waals surface area contributed by atoms with E-state index in [2.05, 4.69) is 5.32 Å². The van der Waals surface area contributed by atoms with Crippen molar-refractivity contribution in [2.45, 2.75) is 45.3 Å². The van der Waals surface area contributed by atoms with Crippen molar-refractivity contribution in [3.63, 3.8) is 0 Å². The molecule has 0 aromatic heterocycles. The van der Waals surface area contributed by atoms with E-state index in [9.17, 15) is 9.59 Å². The molecule has 7 nitrogen and oxygen atoms in total. The average Bonchev–Trinajstić information content (AvgIpc) is 2.89. The molecule has 1 fully saturated rings. The Labute approximate surface area is 124 Å². The van der Waals surface area contributed by atoms with Crippen molar-refractivity contribution in [3.05, 3.63) is 0 Å². The van der Waals surface area contributed by atoms with Crippen LogP contribution in [0.25, 0.3) is 0 Å². The van der Waals surface area contributed by atoms with E-state index in [4.69, 9.17) is 15.1 Å². The summed E-state index contributed by atoms with van der Waals surface area (Å²) in [5, 5.41) is 20.2. The third-order valence-electron chi connectivity index (χ3n) is 3.23. The second kappa shape index (κ2) is 8.47. The molecule has 1 saturated heterocycles. The van der Waals surface area contributed by atoms with Crippen molar-refractivity contribution >= 4 is 12.0 Å². The highest BCUT2D eigenvalue weighted by molar-refractivity contribution is 5.74. The quantitative estimate of drug-likeness (QED) is 0.735. The molecular formula is C14H23N3O4. The van der Waals surface area contributed by atoms with Crippen LogP contribution in [-0.4, -0.2) is 53.8 Å². The van der Waals surface area contributed by atoms with Crippen molar-refractivity contribution < 1.29 is 19.4 Å². The first-order valence-electron chi connectivity index (χ1n) is 7.22. The molecule has 7 heteroatoms. The van der Waals surface area contributed by atoms with Crippen LogP contribution in [0, 0.1) is 17.2 Å². The molecule has 2 atom stereocenters. The second-order valence-corrected chi connectivity index (χ2v) is 5.60. The summed E-state index contributed by atoms with van der Waals surface area (Å²) in [6, 6.07) is 1.80. The molecule has 1 aliphatic rings. The smallest absolute Gasteiger partial charge is 0.332 e. The lowest BCUT2D eigenvalue weighted by atomic mass is 10.2. The predicted octanol–water partition coefficient (Wildman–Crippen LogP) is 1.20. The van der Waals surface area contributed by atoms with Gasteiger partial charge < -0.3 is 20.1 Å². The van der Waals surface area contributed by atoms with E-state index >= 15 is 0 Å². The van der Waals surface area contributed by atoms with Gasteiger partial charge in [0.05, 0.1) is 18.6 Å². The highest BCUT2D eigenvalue weighted by Gasteiger charge is 2.30. The van der Waals surface area contributed by atoms with E-state index in [0.717, 1.165) is 0 Å². The Morgan fingerprint density at radius 3 is 2.71 bits per heavy atom. The van der Waals surface area contributed by atoms with Crippen LogP contribution in [0.15, 0.2) is 0 Å². The monoisotopic (exact) mass is 297 g/mol. The number of carboxylic acids is 1. The number of hydrogen-bond donors (Lipinski definition) is 2. The van der Waals surface area contributed by atoms with Gasteiger partial charge >= 0.3 is 12.0 Å². The molecule has 1 aliphatic heterocycles. The van der Waals surface area contributed by atoms with Crippen LogP contribution < -0.4 is 5.32 Å². The molecular weight excluding hydrogens is 274 g/mol. The van der Waals surface area contributed by atoms with Crippen LogP contribution >= 0.6 is 0 Å². The standard InChI is InChI=1S/C14H23N3O4/c1-10(2)9-17(7-3-6-15)14(20)16-8-11-4-5-12(21-11)13(18)19/h10-12H,3-5,7-9H2,1-2H3,(H,16,20)(H,18,19). The van der Waals surface area contributed by atoms with Gasteiger partial charge in [0.25, 0.3) is 0 Å². The first-order valence-corrected chi connectivity index (χ1v) is 7.22. The van der Waals surface area contributed by atoms with Crippen LogP contribution in [0.5, 0.6) is 0 Å². The van der Waals surface area contributed by atoms with Crippen LogP contribution in [0.2, 0.25) is 0 Å². The van der Waals surface area contributed by atoms with E-state index in [1.165, 1.54) is 0 Å². The largest absolute Gasteiger partial charge is 0.479 e. The number of ether oxygens (including phenoxy) is 1. The molecule has 0 aliphatic carbocycles. The number of nitrogens with one attached hydrogen (secondary N) is 1. The number of nitriles is 1. The fraction of sp³-hybridized carbons (Fsp3) is 0.786. The predicted molar refractivity (Wildman–Crippen MR) is 75.6 cm³/mol. The molecule has 0 aromatic rings. The molecule has 0 aromatic carbocycles. The second-order valence-electron chi connectivity index (χ2n) is 5.60. The van der Waals surface area contributed by atoms with E-state index in [-0.39, 0.29) is 12.1 Å². The minimum atomic E-state index is -0.959. The molecule has 1 heterocycles. The van der Waals surface area contributed by atoms with Gasteiger partial charge in [-0.3, -0.25) is 0 Å². The summed E-state index contributed by atoms with van der Waals surface area (Å²) in [6.07, 6.45) is 0.366. The van der Waals surface area contributed by atoms with E-state index in [0.29, 0.717) is 44.8 Å². The highest BCUT2D eigenvalue weighted by atomic mass is 16.5. The number of urea groups is 1. The molecule has 2 N–H and O–H groups in total. The van der Waals surface area contributed by atoms with Crippen molar-refractivity contribution in [1.82, 2.24) is 10.2 Å². The maximum Gasteiger partial charge on any atom is 0.332 e. The number of hydrogen-bond acceptors (Lipinski definition) is 4. The lowest BCUT2D eigenvalue weighted by Gasteiger charge is -2.24. The Morgan fingerprint density at radius 1 is 1.48 bits per heavy atom. The Bertz CT molecular complexity index is 406. The molecule has 2 amide bonds. The summed E-state index contributed by atoms with van der Waals surface area (Å²) >= 11 is 0. The van der Waals surface area contributed by atoms with E-state index in [1.807, 2.05) is 19.9 Å². The number of nitrogens with zero attached hydrogens (tertiary/aromatic N) is 2. The molecule has 0 saturated carbocycles. The van der Waals surface area contributed by atoms with E-state index in [1.54, 1.807) is 4.90 Å².